The van der Waals surface area contributed by atoms with Crippen LogP contribution in [0.25, 0.3) is 0 Å². The smallest absolute Gasteiger partial charge is 0.0967 e. The first-order chi connectivity index (χ1) is 1.41. The Hall–Kier alpha value is 1.45. The summed E-state index contributed by atoms with van der Waals surface area (Å²) in [4.78, 5) is 0. The summed E-state index contributed by atoms with van der Waals surface area (Å²) < 4.78 is 0. The molecule has 0 aliphatic rings. The fourth-order valence-corrected chi connectivity index (χ4v) is 0. The van der Waals surface area contributed by atoms with Gasteiger partial charge in [0.1, 0.15) is 0 Å². The second kappa shape index (κ2) is 31.9. The molecule has 0 saturated carbocycles. The van der Waals surface area contributed by atoms with Crippen LogP contribution in [-0.4, -0.2) is 5.34 Å². The van der Waals surface area contributed by atoms with Crippen LogP contribution in [-0.2, 0) is 0 Å². The van der Waals surface area contributed by atoms with E-state index in [-0.39, 0.29) is 42.6 Å². The zero-order valence-electron chi connectivity index (χ0n) is 2.69. The molecular weight excluding hydrogens is 189 g/mol. The summed E-state index contributed by atoms with van der Waals surface area (Å²) in [6.45, 7) is 0. The van der Waals surface area contributed by atoms with Crippen LogP contribution in [0.2, 0.25) is 0 Å². The standard InChI is InChI=1S/CH2Cl2.3ClH/c2-1-3;;;/h1H2;3*1H. The molecule has 44 valence electrons. The molecule has 5 heteroatoms. The number of hydrogen-bond acceptors (Lipinski definition) is 0. The van der Waals surface area contributed by atoms with Crippen LogP contribution >= 0.6 is 60.4 Å². The topological polar surface area (TPSA) is 0 Å². The summed E-state index contributed by atoms with van der Waals surface area (Å²) in [6, 6.07) is 0. The first kappa shape index (κ1) is 26.0. The quantitative estimate of drug-likeness (QED) is 0.520. The third-order valence-electron chi connectivity index (χ3n) is 0. The number of hydrogen-bond donors (Lipinski definition) is 0. The van der Waals surface area contributed by atoms with Gasteiger partial charge in [0.15, 0.2) is 0 Å². The van der Waals surface area contributed by atoms with Crippen molar-refractivity contribution in [3.8, 4) is 0 Å². The highest BCUT2D eigenvalue weighted by Crippen LogP contribution is 1.73. The van der Waals surface area contributed by atoms with E-state index in [2.05, 4.69) is 0 Å². The van der Waals surface area contributed by atoms with E-state index in [9.17, 15) is 0 Å². The van der Waals surface area contributed by atoms with Gasteiger partial charge < -0.3 is 0 Å². The second-order valence-corrected chi connectivity index (χ2v) is 0.909. The Morgan fingerprint density at radius 3 is 0.833 bits per heavy atom. The van der Waals surface area contributed by atoms with E-state index in [1.54, 1.807) is 0 Å². The zero-order chi connectivity index (χ0) is 2.71. The van der Waals surface area contributed by atoms with E-state index in [4.69, 9.17) is 23.2 Å². The molecule has 0 aliphatic carbocycles. The monoisotopic (exact) mass is 192 g/mol. The summed E-state index contributed by atoms with van der Waals surface area (Å²) in [5.41, 5.74) is 0. The maximum atomic E-state index is 4.76. The molecule has 0 spiro atoms. The maximum Gasteiger partial charge on any atom is 0.0967 e. The van der Waals surface area contributed by atoms with Crippen molar-refractivity contribution in [2.75, 3.05) is 5.34 Å². The van der Waals surface area contributed by atoms with Gasteiger partial charge in [0, 0.05) is 0 Å². The lowest BCUT2D eigenvalue weighted by atomic mass is 11.9. The van der Waals surface area contributed by atoms with Gasteiger partial charge in [-0.15, -0.1) is 60.4 Å². The van der Waals surface area contributed by atoms with Gasteiger partial charge >= 0.3 is 0 Å². The van der Waals surface area contributed by atoms with Crippen molar-refractivity contribution in [3.05, 3.63) is 0 Å². The summed E-state index contributed by atoms with van der Waals surface area (Å²) in [7, 11) is 0. The van der Waals surface area contributed by atoms with E-state index >= 15 is 0 Å². The SMILES string of the molecule is Cl.Cl.Cl.ClCCl. The molecule has 0 aromatic heterocycles. The van der Waals surface area contributed by atoms with Crippen molar-refractivity contribution in [1.82, 2.24) is 0 Å². The number of rotatable bonds is 0. The molecule has 0 heterocycles. The Morgan fingerprint density at radius 1 is 0.833 bits per heavy atom. The largest absolute Gasteiger partial charge is 0.147 e. The van der Waals surface area contributed by atoms with E-state index < -0.39 is 0 Å². The van der Waals surface area contributed by atoms with Gasteiger partial charge in [-0.2, -0.15) is 0 Å². The van der Waals surface area contributed by atoms with Crippen molar-refractivity contribution in [2.24, 2.45) is 0 Å². The van der Waals surface area contributed by atoms with Gasteiger partial charge in [-0.05, 0) is 0 Å². The maximum absolute atomic E-state index is 4.76. The minimum Gasteiger partial charge on any atom is -0.147 e. The van der Waals surface area contributed by atoms with Crippen molar-refractivity contribution in [2.45, 2.75) is 0 Å². The highest BCUT2D eigenvalue weighted by atomic mass is 35.5. The molecular formula is CH5Cl5. The molecule has 0 atom stereocenters. The molecule has 0 rings (SSSR count). The molecule has 0 fully saturated rings. The Balaban J connectivity index is -0.00000000667. The van der Waals surface area contributed by atoms with Crippen LogP contribution in [0.5, 0.6) is 0 Å². The van der Waals surface area contributed by atoms with Crippen LogP contribution in [0.4, 0.5) is 0 Å². The Labute approximate surface area is 65.8 Å². The summed E-state index contributed by atoms with van der Waals surface area (Å²) in [5.74, 6) is 0. The predicted molar refractivity (Wildman–Crippen MR) is 38.3 cm³/mol. The minimum absolute atomic E-state index is 0. The molecule has 0 nitrogen and oxygen atoms in total. The van der Waals surface area contributed by atoms with E-state index in [1.807, 2.05) is 0 Å². The Morgan fingerprint density at radius 2 is 0.833 bits per heavy atom. The lowest BCUT2D eigenvalue weighted by molar-refractivity contribution is 2.20. The third kappa shape index (κ3) is 51.3. The second-order valence-electron chi connectivity index (χ2n) is 0.101. The normalized spacial score (nSPS) is 3.00. The molecule has 0 aromatic rings. The Bertz CT molecular complexity index is 3.90. The number of halogens is 5. The van der Waals surface area contributed by atoms with Crippen molar-refractivity contribution in [3.63, 3.8) is 0 Å². The van der Waals surface area contributed by atoms with Gasteiger partial charge in [-0.1, -0.05) is 0 Å². The van der Waals surface area contributed by atoms with Gasteiger partial charge in [0.25, 0.3) is 0 Å². The molecule has 6 heavy (non-hydrogen) atoms. The van der Waals surface area contributed by atoms with Crippen LogP contribution in [0, 0.1) is 0 Å². The van der Waals surface area contributed by atoms with Crippen molar-refractivity contribution < 1.29 is 0 Å². The highest BCUT2D eigenvalue weighted by Gasteiger charge is 1.41. The fourth-order valence-electron chi connectivity index (χ4n) is 0. The predicted octanol–water partition coefficient (Wildman–Crippen LogP) is 2.69. The molecule has 0 N–H and O–H groups in total. The highest BCUT2D eigenvalue weighted by molar-refractivity contribution is 6.40. The van der Waals surface area contributed by atoms with Crippen LogP contribution in [0.15, 0.2) is 0 Å². The number of alkyl halides is 2. The first-order valence-corrected chi connectivity index (χ1v) is 1.60. The summed E-state index contributed by atoms with van der Waals surface area (Å²) in [6.07, 6.45) is 0. The average Bonchev–Trinajstić information content (AvgIpc) is 0.918. The molecule has 0 saturated heterocycles. The van der Waals surface area contributed by atoms with E-state index in [0.717, 1.165) is 0 Å². The van der Waals surface area contributed by atoms with Crippen LogP contribution < -0.4 is 0 Å². The molecule has 0 amide bonds. The lowest BCUT2D eigenvalue weighted by Crippen LogP contribution is -1.24. The van der Waals surface area contributed by atoms with Gasteiger partial charge in [0.05, 0.1) is 5.34 Å². The summed E-state index contributed by atoms with van der Waals surface area (Å²) >= 11 is 9.53. The van der Waals surface area contributed by atoms with Crippen LogP contribution in [0.1, 0.15) is 0 Å². The average molecular weight is 194 g/mol. The molecule has 0 unspecified atom stereocenters. The Kier molecular flexibility index (Phi) is 139. The lowest BCUT2D eigenvalue weighted by Gasteiger charge is -1.42. The zero-order valence-corrected chi connectivity index (χ0v) is 6.65. The first-order valence-electron chi connectivity index (χ1n) is 0.535. The van der Waals surface area contributed by atoms with Gasteiger partial charge in [-0.25, -0.2) is 0 Å². The summed E-state index contributed by atoms with van der Waals surface area (Å²) in [5, 5.41) is 0.194. The minimum atomic E-state index is 0. The third-order valence-corrected chi connectivity index (χ3v) is 0. The van der Waals surface area contributed by atoms with E-state index in [1.165, 1.54) is 0 Å². The van der Waals surface area contributed by atoms with E-state index in [0.29, 0.717) is 0 Å². The fraction of sp³-hybridized carbons (Fsp3) is 1.00. The molecule has 0 bridgehead atoms. The van der Waals surface area contributed by atoms with Crippen LogP contribution in [0.3, 0.4) is 0 Å². The van der Waals surface area contributed by atoms with Gasteiger partial charge in [-0.3, -0.25) is 0 Å². The van der Waals surface area contributed by atoms with Crippen molar-refractivity contribution >= 4 is 60.4 Å². The molecule has 0 aliphatic heterocycles. The molecule has 0 aromatic carbocycles. The molecule has 0 radical (unpaired) electrons. The van der Waals surface area contributed by atoms with Gasteiger partial charge in [0.2, 0.25) is 0 Å². The van der Waals surface area contributed by atoms with Crippen molar-refractivity contribution in [1.29, 1.82) is 0 Å².